The Bertz CT molecular complexity index is 1400. The molecule has 14 nitrogen and oxygen atoms in total. The molecular weight excluding hydrogens is 572 g/mol. The van der Waals surface area contributed by atoms with Crippen LogP contribution >= 0.6 is 0 Å². The molecule has 1 fully saturated rings. The summed E-state index contributed by atoms with van der Waals surface area (Å²) < 4.78 is 27.2. The van der Waals surface area contributed by atoms with Gasteiger partial charge in [-0.2, -0.15) is 0 Å². The minimum atomic E-state index is -2.13. The second-order valence-corrected chi connectivity index (χ2v) is 11.3. The number of aliphatic carboxylic acids is 2. The van der Waals surface area contributed by atoms with E-state index in [1.54, 1.807) is 12.1 Å². The molecule has 1 aromatic rings. The van der Waals surface area contributed by atoms with E-state index in [2.05, 4.69) is 0 Å². The fourth-order valence-electron chi connectivity index (χ4n) is 6.97. The third-order valence-electron chi connectivity index (χ3n) is 8.81. The van der Waals surface area contributed by atoms with Crippen molar-refractivity contribution < 1.29 is 68.1 Å². The summed E-state index contributed by atoms with van der Waals surface area (Å²) in [6.07, 6.45) is -4.33. The predicted octanol–water partition coefficient (Wildman–Crippen LogP) is 0.766. The lowest BCUT2D eigenvalue weighted by Gasteiger charge is -2.59. The van der Waals surface area contributed by atoms with Crippen molar-refractivity contribution in [3.8, 4) is 11.5 Å². The number of aliphatic hydroxyl groups is 2. The fourth-order valence-corrected chi connectivity index (χ4v) is 6.97. The molecule has 0 unspecified atom stereocenters. The smallest absolute Gasteiger partial charge is 0.348 e. The van der Waals surface area contributed by atoms with E-state index in [4.69, 9.17) is 28.8 Å². The number of aliphatic hydroxyl groups excluding tert-OH is 1. The summed E-state index contributed by atoms with van der Waals surface area (Å²) in [6, 6.07) is 3.74. The van der Waals surface area contributed by atoms with E-state index in [1.807, 2.05) is 6.07 Å². The zero-order valence-corrected chi connectivity index (χ0v) is 23.4. The summed E-state index contributed by atoms with van der Waals surface area (Å²) in [5, 5.41) is 39.9. The third kappa shape index (κ3) is 4.97. The number of carbonyl (C=O) groups is 5. The standard InChI is InChI=1S/C29H32O14/c1-13(30)26(36)42-19(27(37)41-18(25(34)35)11-20(31)32)12-21(33)40-17-7-9-29(38)15-4-3-8-28(29)22-14(10-15)5-6-16(39-2)23(22)43-24(17)28/h5-7,13,15,18-19,24,30,38H,3-4,8-12H2,1-2H3,(H,31,32)(H,34,35)/t13-,15-,18-,19-,24+,28+,29-/m0/s1. The van der Waals surface area contributed by atoms with Gasteiger partial charge in [0.2, 0.25) is 12.2 Å². The van der Waals surface area contributed by atoms with Gasteiger partial charge in [-0.15, -0.1) is 0 Å². The number of hydrogen-bond donors (Lipinski definition) is 4. The lowest BCUT2D eigenvalue weighted by atomic mass is 9.47. The highest BCUT2D eigenvalue weighted by Crippen LogP contribution is 2.67. The van der Waals surface area contributed by atoms with Gasteiger partial charge in [0, 0.05) is 5.56 Å². The summed E-state index contributed by atoms with van der Waals surface area (Å²) in [6.45, 7) is 1.04. The molecule has 1 aromatic carbocycles. The highest BCUT2D eigenvalue weighted by Gasteiger charge is 2.71. The summed E-state index contributed by atoms with van der Waals surface area (Å²) in [4.78, 5) is 60.4. The van der Waals surface area contributed by atoms with Gasteiger partial charge in [0.1, 0.15) is 11.9 Å². The van der Waals surface area contributed by atoms with E-state index >= 15 is 0 Å². The van der Waals surface area contributed by atoms with Gasteiger partial charge in [0.05, 0.1) is 31.0 Å². The fraction of sp³-hybridized carbons (Fsp3) is 0.552. The molecular formula is C29H32O14. The molecule has 1 heterocycles. The number of methoxy groups -OCH3 is 1. The molecule has 1 saturated carbocycles. The molecule has 3 aliphatic carbocycles. The van der Waals surface area contributed by atoms with Gasteiger partial charge in [0.15, 0.2) is 17.6 Å². The molecule has 1 aliphatic heterocycles. The van der Waals surface area contributed by atoms with E-state index in [0.29, 0.717) is 24.3 Å². The van der Waals surface area contributed by atoms with Crippen molar-refractivity contribution in [3.63, 3.8) is 0 Å². The number of carboxylic acid groups (broad SMARTS) is 2. The van der Waals surface area contributed by atoms with Gasteiger partial charge in [-0.1, -0.05) is 12.5 Å². The van der Waals surface area contributed by atoms with Gasteiger partial charge < -0.3 is 44.1 Å². The van der Waals surface area contributed by atoms with Crippen molar-refractivity contribution in [3.05, 3.63) is 35.1 Å². The number of carbonyl (C=O) groups excluding carboxylic acids is 3. The zero-order valence-electron chi connectivity index (χ0n) is 23.4. The highest BCUT2D eigenvalue weighted by atomic mass is 16.6. The zero-order chi connectivity index (χ0) is 31.3. The van der Waals surface area contributed by atoms with Gasteiger partial charge in [-0.05, 0) is 56.2 Å². The first-order chi connectivity index (χ1) is 20.3. The van der Waals surface area contributed by atoms with Gasteiger partial charge in [-0.3, -0.25) is 9.59 Å². The quantitative estimate of drug-likeness (QED) is 0.203. The number of ether oxygens (including phenoxy) is 5. The number of hydrogen-bond acceptors (Lipinski definition) is 12. The van der Waals surface area contributed by atoms with Gasteiger partial charge >= 0.3 is 29.8 Å². The second kappa shape index (κ2) is 11.2. The van der Waals surface area contributed by atoms with Crippen molar-refractivity contribution in [1.29, 1.82) is 0 Å². The maximum atomic E-state index is 13.2. The molecule has 43 heavy (non-hydrogen) atoms. The number of carboxylic acids is 2. The molecule has 2 bridgehead atoms. The summed E-state index contributed by atoms with van der Waals surface area (Å²) >= 11 is 0. The van der Waals surface area contributed by atoms with Crippen molar-refractivity contribution in [2.75, 3.05) is 7.11 Å². The average molecular weight is 605 g/mol. The maximum Gasteiger partial charge on any atom is 0.348 e. The minimum Gasteiger partial charge on any atom is -0.493 e. The molecule has 4 aliphatic rings. The summed E-state index contributed by atoms with van der Waals surface area (Å²) in [5.41, 5.74) is -0.267. The van der Waals surface area contributed by atoms with Crippen LogP contribution in [0.5, 0.6) is 11.5 Å². The molecule has 0 amide bonds. The molecule has 7 atom stereocenters. The molecule has 232 valence electrons. The average Bonchev–Trinajstić information content (AvgIpc) is 3.28. The Morgan fingerprint density at radius 3 is 2.44 bits per heavy atom. The molecule has 1 spiro atoms. The van der Waals surface area contributed by atoms with Crippen molar-refractivity contribution in [2.45, 2.75) is 87.3 Å². The summed E-state index contributed by atoms with van der Waals surface area (Å²) in [5.74, 6) is -6.34. The Morgan fingerprint density at radius 1 is 1.07 bits per heavy atom. The highest BCUT2D eigenvalue weighted by molar-refractivity contribution is 5.88. The molecule has 14 heteroatoms. The Morgan fingerprint density at radius 2 is 1.79 bits per heavy atom. The number of esters is 3. The van der Waals surface area contributed by atoms with E-state index in [1.165, 1.54) is 7.11 Å². The lowest BCUT2D eigenvalue weighted by molar-refractivity contribution is -0.183. The van der Waals surface area contributed by atoms with Gasteiger partial charge in [-0.25, -0.2) is 14.4 Å². The SMILES string of the molecule is COc1ccc2c3c1O[C@@H]1C(OC(=O)C[C@H](OC(=O)[C@H](C)O)C(=O)O[C@@H](CC(=O)O)C(=O)O)=CC[C@]4(O)[C@@H](CCC[C@@]314)C2. The van der Waals surface area contributed by atoms with Crippen LogP contribution in [-0.4, -0.2) is 87.4 Å². The number of benzene rings is 1. The van der Waals surface area contributed by atoms with Crippen LogP contribution in [0.4, 0.5) is 0 Å². The molecule has 5 rings (SSSR count). The summed E-state index contributed by atoms with van der Waals surface area (Å²) in [7, 11) is 1.50. The van der Waals surface area contributed by atoms with Crippen LogP contribution in [0.2, 0.25) is 0 Å². The van der Waals surface area contributed by atoms with Crippen LogP contribution in [0, 0.1) is 5.92 Å². The van der Waals surface area contributed by atoms with Crippen LogP contribution in [0.1, 0.15) is 56.6 Å². The van der Waals surface area contributed by atoms with E-state index < -0.39 is 78.1 Å². The molecule has 4 N–H and O–H groups in total. The first kappa shape index (κ1) is 30.3. The first-order valence-corrected chi connectivity index (χ1v) is 13.9. The monoisotopic (exact) mass is 604 g/mol. The van der Waals surface area contributed by atoms with Crippen LogP contribution in [0.3, 0.4) is 0 Å². The molecule has 0 saturated heterocycles. The largest absolute Gasteiger partial charge is 0.493 e. The van der Waals surface area contributed by atoms with Crippen molar-refractivity contribution in [1.82, 2.24) is 0 Å². The van der Waals surface area contributed by atoms with E-state index in [0.717, 1.165) is 30.9 Å². The topological polar surface area (TPSA) is 212 Å². The van der Waals surface area contributed by atoms with Gasteiger partial charge in [0.25, 0.3) is 0 Å². The van der Waals surface area contributed by atoms with E-state index in [-0.39, 0.29) is 18.1 Å². The number of rotatable bonds is 11. The van der Waals surface area contributed by atoms with Crippen molar-refractivity contribution >= 4 is 29.8 Å². The second-order valence-electron chi connectivity index (χ2n) is 11.3. The van der Waals surface area contributed by atoms with Crippen LogP contribution < -0.4 is 9.47 Å². The Balaban J connectivity index is 1.41. The molecule has 0 aromatic heterocycles. The van der Waals surface area contributed by atoms with Crippen molar-refractivity contribution in [2.24, 2.45) is 5.92 Å². The Labute approximate surface area is 245 Å². The maximum absolute atomic E-state index is 13.2. The first-order valence-electron chi connectivity index (χ1n) is 13.9. The minimum absolute atomic E-state index is 0.0558. The van der Waals surface area contributed by atoms with E-state index in [9.17, 15) is 39.3 Å². The van der Waals surface area contributed by atoms with Crippen LogP contribution in [0.25, 0.3) is 0 Å². The third-order valence-corrected chi connectivity index (χ3v) is 8.81. The molecule has 0 radical (unpaired) electrons. The predicted molar refractivity (Wildman–Crippen MR) is 140 cm³/mol. The normalized spacial score (nSPS) is 28.1. The van der Waals surface area contributed by atoms with Crippen LogP contribution in [-0.2, 0) is 50.0 Å². The van der Waals surface area contributed by atoms with Crippen LogP contribution in [0.15, 0.2) is 24.0 Å². The lowest BCUT2D eigenvalue weighted by Crippen LogP contribution is -2.67. The Hall–Kier alpha value is -4.17. The Kier molecular flexibility index (Phi) is 7.86.